The van der Waals surface area contributed by atoms with Crippen LogP contribution in [0.3, 0.4) is 0 Å². The molecule has 0 fully saturated rings. The van der Waals surface area contributed by atoms with Crippen molar-refractivity contribution < 1.29 is 14.8 Å². The molecule has 6 heteroatoms. The molecule has 0 spiro atoms. The van der Waals surface area contributed by atoms with Crippen LogP contribution < -0.4 is 0 Å². The van der Waals surface area contributed by atoms with Crippen LogP contribution in [0, 0.1) is 13.7 Å². The minimum absolute atomic E-state index is 0.0528. The molecule has 0 radical (unpaired) electrons. The molecule has 1 aromatic carbocycles. The predicted octanol–water partition coefficient (Wildman–Crippen LogP) is 1.84. The molecular formula is C8H8INO4. The second-order valence-corrected chi connectivity index (χ2v) is 3.83. The van der Waals surface area contributed by atoms with E-state index in [1.165, 1.54) is 19.2 Å². The highest BCUT2D eigenvalue weighted by atomic mass is 127. The number of nitrogens with zero attached hydrogens (tertiary/aromatic N) is 1. The Morgan fingerprint density at radius 2 is 2.21 bits per heavy atom. The van der Waals surface area contributed by atoms with Crippen LogP contribution in [0.25, 0.3) is 0 Å². The molecule has 1 unspecified atom stereocenters. The van der Waals surface area contributed by atoms with Crippen molar-refractivity contribution in [3.63, 3.8) is 0 Å². The standard InChI is InChI=1S/C8H8INO4/c1-14-8(11)5-2-6(9)4-7(3-5)10(12)13/h2-4,8,11H,1H3. The van der Waals surface area contributed by atoms with E-state index in [1.54, 1.807) is 6.07 Å². The third-order valence-electron chi connectivity index (χ3n) is 1.62. The van der Waals surface area contributed by atoms with Crippen molar-refractivity contribution in [1.29, 1.82) is 0 Å². The van der Waals surface area contributed by atoms with Crippen LogP contribution >= 0.6 is 22.6 Å². The fourth-order valence-corrected chi connectivity index (χ4v) is 1.66. The quantitative estimate of drug-likeness (QED) is 0.400. The van der Waals surface area contributed by atoms with Crippen molar-refractivity contribution in [2.24, 2.45) is 0 Å². The summed E-state index contributed by atoms with van der Waals surface area (Å²) in [5.41, 5.74) is 0.328. The third-order valence-corrected chi connectivity index (χ3v) is 2.25. The van der Waals surface area contributed by atoms with E-state index in [0.29, 0.717) is 9.13 Å². The molecule has 1 rings (SSSR count). The van der Waals surface area contributed by atoms with Crippen molar-refractivity contribution >= 4 is 28.3 Å². The molecule has 1 atom stereocenters. The molecule has 0 aliphatic carbocycles. The molecule has 0 amide bonds. The fraction of sp³-hybridized carbons (Fsp3) is 0.250. The number of nitro groups is 1. The van der Waals surface area contributed by atoms with Gasteiger partial charge in [-0.1, -0.05) is 0 Å². The van der Waals surface area contributed by atoms with Gasteiger partial charge in [-0.05, 0) is 28.7 Å². The van der Waals surface area contributed by atoms with E-state index < -0.39 is 11.2 Å². The lowest BCUT2D eigenvalue weighted by Gasteiger charge is -2.08. The van der Waals surface area contributed by atoms with Gasteiger partial charge in [0.25, 0.3) is 5.69 Å². The number of halogens is 1. The molecule has 0 aliphatic heterocycles. The molecule has 0 heterocycles. The number of hydrogen-bond donors (Lipinski definition) is 1. The number of nitro benzene ring substituents is 1. The summed E-state index contributed by atoms with van der Waals surface area (Å²) < 4.78 is 5.34. The van der Waals surface area contributed by atoms with Crippen molar-refractivity contribution in [2.75, 3.05) is 7.11 Å². The van der Waals surface area contributed by atoms with Crippen LogP contribution in [-0.2, 0) is 4.74 Å². The van der Waals surface area contributed by atoms with E-state index in [4.69, 9.17) is 0 Å². The van der Waals surface area contributed by atoms with E-state index in [9.17, 15) is 15.2 Å². The van der Waals surface area contributed by atoms with Gasteiger partial charge in [-0.3, -0.25) is 10.1 Å². The van der Waals surface area contributed by atoms with Gasteiger partial charge in [0, 0.05) is 28.4 Å². The smallest absolute Gasteiger partial charge is 0.270 e. The van der Waals surface area contributed by atoms with Crippen molar-refractivity contribution in [2.45, 2.75) is 6.29 Å². The van der Waals surface area contributed by atoms with Gasteiger partial charge >= 0.3 is 0 Å². The number of aliphatic hydroxyl groups is 1. The van der Waals surface area contributed by atoms with Gasteiger partial charge in [0.05, 0.1) is 4.92 Å². The highest BCUT2D eigenvalue weighted by molar-refractivity contribution is 14.1. The monoisotopic (exact) mass is 309 g/mol. The Bertz CT molecular complexity index is 355. The Morgan fingerprint density at radius 3 is 2.71 bits per heavy atom. The van der Waals surface area contributed by atoms with E-state index >= 15 is 0 Å². The normalized spacial score (nSPS) is 12.5. The molecule has 0 aromatic heterocycles. The first-order valence-electron chi connectivity index (χ1n) is 3.70. The first kappa shape index (κ1) is 11.3. The van der Waals surface area contributed by atoms with Gasteiger partial charge in [-0.25, -0.2) is 0 Å². The average molecular weight is 309 g/mol. The van der Waals surface area contributed by atoms with Crippen molar-refractivity contribution in [1.82, 2.24) is 0 Å². The maximum Gasteiger partial charge on any atom is 0.270 e. The van der Waals surface area contributed by atoms with Crippen LogP contribution in [0.1, 0.15) is 11.9 Å². The van der Waals surface area contributed by atoms with Crippen molar-refractivity contribution in [3.05, 3.63) is 37.4 Å². The molecule has 1 aromatic rings. The summed E-state index contributed by atoms with van der Waals surface area (Å²) in [6.07, 6.45) is -1.12. The van der Waals surface area contributed by atoms with Crippen molar-refractivity contribution in [3.8, 4) is 0 Å². The molecule has 76 valence electrons. The summed E-state index contributed by atoms with van der Waals surface area (Å²) >= 11 is 1.94. The molecule has 0 aliphatic rings. The average Bonchev–Trinajstić information content (AvgIpc) is 2.15. The first-order valence-corrected chi connectivity index (χ1v) is 4.78. The zero-order chi connectivity index (χ0) is 10.7. The summed E-state index contributed by atoms with van der Waals surface area (Å²) in [6.45, 7) is 0. The van der Waals surface area contributed by atoms with Gasteiger partial charge in [0.15, 0.2) is 6.29 Å². The Labute approximate surface area is 94.0 Å². The zero-order valence-corrected chi connectivity index (χ0v) is 9.46. The molecule has 0 bridgehead atoms. The largest absolute Gasteiger partial charge is 0.364 e. The summed E-state index contributed by atoms with van der Waals surface area (Å²) in [5.74, 6) is 0. The molecule has 14 heavy (non-hydrogen) atoms. The Hall–Kier alpha value is -0.730. The minimum Gasteiger partial charge on any atom is -0.364 e. The summed E-state index contributed by atoms with van der Waals surface area (Å²) in [6, 6.07) is 4.34. The lowest BCUT2D eigenvalue weighted by Crippen LogP contribution is -2.01. The number of ether oxygens (including phenoxy) is 1. The van der Waals surface area contributed by atoms with Gasteiger partial charge in [-0.2, -0.15) is 0 Å². The third kappa shape index (κ3) is 2.63. The van der Waals surface area contributed by atoms with E-state index in [1.807, 2.05) is 22.6 Å². The lowest BCUT2D eigenvalue weighted by atomic mass is 10.2. The first-order chi connectivity index (χ1) is 6.54. The van der Waals surface area contributed by atoms with E-state index in [2.05, 4.69) is 4.74 Å². The van der Waals surface area contributed by atoms with Crippen LogP contribution in [0.15, 0.2) is 18.2 Å². The fourth-order valence-electron chi connectivity index (χ4n) is 0.980. The maximum atomic E-state index is 10.5. The number of methoxy groups -OCH3 is 1. The summed E-state index contributed by atoms with van der Waals surface area (Å²) in [5, 5.41) is 19.8. The second-order valence-electron chi connectivity index (χ2n) is 2.59. The minimum atomic E-state index is -1.12. The van der Waals surface area contributed by atoms with Crippen LogP contribution in [0.5, 0.6) is 0 Å². The number of aliphatic hydroxyl groups excluding tert-OH is 1. The predicted molar refractivity (Wildman–Crippen MR) is 57.8 cm³/mol. The van der Waals surface area contributed by atoms with Gasteiger partial charge in [0.2, 0.25) is 0 Å². The Kier molecular flexibility index (Phi) is 3.78. The van der Waals surface area contributed by atoms with E-state index in [-0.39, 0.29) is 5.69 Å². The Morgan fingerprint density at radius 1 is 1.57 bits per heavy atom. The second kappa shape index (κ2) is 4.67. The molecule has 5 nitrogen and oxygen atoms in total. The van der Waals surface area contributed by atoms with Crippen LogP contribution in [-0.4, -0.2) is 17.1 Å². The zero-order valence-electron chi connectivity index (χ0n) is 7.31. The lowest BCUT2D eigenvalue weighted by molar-refractivity contribution is -0.385. The highest BCUT2D eigenvalue weighted by Gasteiger charge is 2.13. The molecular weight excluding hydrogens is 301 g/mol. The van der Waals surface area contributed by atoms with Gasteiger partial charge < -0.3 is 9.84 Å². The van der Waals surface area contributed by atoms with Gasteiger partial charge in [-0.15, -0.1) is 0 Å². The number of rotatable bonds is 3. The van der Waals surface area contributed by atoms with Crippen LogP contribution in [0.2, 0.25) is 0 Å². The Balaban J connectivity index is 3.13. The van der Waals surface area contributed by atoms with Gasteiger partial charge in [0.1, 0.15) is 0 Å². The summed E-state index contributed by atoms with van der Waals surface area (Å²) in [4.78, 5) is 9.99. The molecule has 1 N–H and O–H groups in total. The summed E-state index contributed by atoms with van der Waals surface area (Å²) in [7, 11) is 1.33. The SMILES string of the molecule is COC(O)c1cc(I)cc([N+](=O)[O-])c1. The number of non-ortho nitro benzene ring substituents is 1. The van der Waals surface area contributed by atoms with E-state index in [0.717, 1.165) is 0 Å². The molecule has 0 saturated carbocycles. The topological polar surface area (TPSA) is 72.6 Å². The van der Waals surface area contributed by atoms with Crippen LogP contribution in [0.4, 0.5) is 5.69 Å². The number of benzene rings is 1. The highest BCUT2D eigenvalue weighted by Crippen LogP contribution is 2.23. The maximum absolute atomic E-state index is 10.5. The number of hydrogen-bond acceptors (Lipinski definition) is 4. The molecule has 0 saturated heterocycles.